The van der Waals surface area contributed by atoms with E-state index in [1.165, 1.54) is 16.7 Å². The van der Waals surface area contributed by atoms with Gasteiger partial charge in [0.2, 0.25) is 10.0 Å². The van der Waals surface area contributed by atoms with Crippen LogP contribution in [0.3, 0.4) is 0 Å². The van der Waals surface area contributed by atoms with Crippen LogP contribution in [-0.4, -0.2) is 43.4 Å². The first kappa shape index (κ1) is 35.1. The van der Waals surface area contributed by atoms with Gasteiger partial charge in [0.15, 0.2) is 0 Å². The maximum absolute atomic E-state index is 14.3. The fourth-order valence-electron chi connectivity index (χ4n) is 6.56. The maximum Gasteiger partial charge on any atom is 0.243 e. The Morgan fingerprint density at radius 2 is 1.40 bits per heavy atom. The quantitative estimate of drug-likeness (QED) is 0.107. The second kappa shape index (κ2) is 15.2. The summed E-state index contributed by atoms with van der Waals surface area (Å²) in [6, 6.07) is 32.0. The van der Waals surface area contributed by atoms with Gasteiger partial charge in [-0.2, -0.15) is 4.31 Å². The van der Waals surface area contributed by atoms with Crippen molar-refractivity contribution in [1.29, 1.82) is 0 Å². The lowest BCUT2D eigenvalue weighted by atomic mass is 10.0. The Morgan fingerprint density at radius 1 is 0.733 bits per heavy atom. The molecule has 0 N–H and O–H groups in total. The number of benzene rings is 5. The van der Waals surface area contributed by atoms with Crippen LogP contribution in [0.15, 0.2) is 102 Å². The summed E-state index contributed by atoms with van der Waals surface area (Å²) < 4.78 is 31.3. The minimum absolute atomic E-state index is 0. The Labute approximate surface area is 285 Å². The Kier molecular flexibility index (Phi) is 11.9. The number of hydrogen-bond donors (Lipinski definition) is 0. The molecule has 0 bridgehead atoms. The second-order valence-electron chi connectivity index (χ2n) is 12.2. The highest BCUT2D eigenvalue weighted by molar-refractivity contribution is 7.89. The van der Waals surface area contributed by atoms with Crippen molar-refractivity contribution >= 4 is 43.2 Å². The molecule has 0 saturated carbocycles. The standard InChI is InChI=1S/C38H44ClN2O2S.BrH/c1-5-41(6-2,28-31-24-29(3)23-30(4)25-31)22-10-9-21-40(27-34-16-11-14-32-13-7-8-17-36(32)34)44(42,43)35-19-20-37-33(26-35)15-12-18-38(37)39;/h7-8,11-20,23-26H,5-6,9-10,21-22,27-28H2,1-4H3;1H/q+1;/p-1. The van der Waals surface area contributed by atoms with Gasteiger partial charge in [0.05, 0.1) is 24.5 Å². The van der Waals surface area contributed by atoms with Crippen LogP contribution in [0.25, 0.3) is 21.5 Å². The highest BCUT2D eigenvalue weighted by Crippen LogP contribution is 2.29. The van der Waals surface area contributed by atoms with Crippen LogP contribution in [0.5, 0.6) is 0 Å². The van der Waals surface area contributed by atoms with E-state index in [2.05, 4.69) is 64.1 Å². The number of halogens is 2. The molecular formula is C38H44BrClN2O2S. The normalized spacial score (nSPS) is 12.1. The molecule has 0 saturated heterocycles. The molecule has 7 heteroatoms. The van der Waals surface area contributed by atoms with Crippen molar-refractivity contribution in [2.24, 2.45) is 0 Å². The average Bonchev–Trinajstić information content (AvgIpc) is 3.01. The Bertz CT molecular complexity index is 1850. The molecule has 5 aromatic rings. The molecule has 0 aliphatic carbocycles. The summed E-state index contributed by atoms with van der Waals surface area (Å²) in [5.41, 5.74) is 4.99. The predicted molar refractivity (Wildman–Crippen MR) is 186 cm³/mol. The van der Waals surface area contributed by atoms with E-state index in [0.717, 1.165) is 70.6 Å². The third-order valence-electron chi connectivity index (χ3n) is 9.09. The van der Waals surface area contributed by atoms with E-state index in [-0.39, 0.29) is 17.0 Å². The zero-order valence-electron chi connectivity index (χ0n) is 26.8. The Morgan fingerprint density at radius 3 is 2.13 bits per heavy atom. The summed E-state index contributed by atoms with van der Waals surface area (Å²) in [6.45, 7) is 13.7. The number of rotatable bonds is 13. The summed E-state index contributed by atoms with van der Waals surface area (Å²) >= 11 is 6.40. The number of sulfonamides is 1. The average molecular weight is 708 g/mol. The SMILES string of the molecule is CC[N+](CC)(CCCCN(Cc1cccc2ccccc12)S(=O)(=O)c1ccc2c(Cl)cccc2c1)Cc1cc(C)cc(C)c1.[Br-]. The monoisotopic (exact) mass is 706 g/mol. The van der Waals surface area contributed by atoms with E-state index in [4.69, 9.17) is 11.6 Å². The first-order valence-electron chi connectivity index (χ1n) is 15.7. The lowest BCUT2D eigenvalue weighted by Gasteiger charge is -2.37. The molecule has 0 radical (unpaired) electrons. The molecule has 238 valence electrons. The Hall–Kier alpha value is -2.74. The van der Waals surface area contributed by atoms with E-state index < -0.39 is 10.0 Å². The first-order valence-corrected chi connectivity index (χ1v) is 17.5. The summed E-state index contributed by atoms with van der Waals surface area (Å²) in [4.78, 5) is 0.301. The van der Waals surface area contributed by atoms with E-state index in [1.54, 1.807) is 16.4 Å². The van der Waals surface area contributed by atoms with Crippen molar-refractivity contribution < 1.29 is 29.9 Å². The van der Waals surface area contributed by atoms with E-state index in [1.807, 2.05) is 48.5 Å². The molecule has 5 rings (SSSR count). The molecule has 0 aliphatic rings. The van der Waals surface area contributed by atoms with Gasteiger partial charge < -0.3 is 21.5 Å². The van der Waals surface area contributed by atoms with Crippen LogP contribution in [-0.2, 0) is 23.1 Å². The molecule has 0 amide bonds. The number of aryl methyl sites for hydroxylation is 2. The lowest BCUT2D eigenvalue weighted by Crippen LogP contribution is -3.00. The molecule has 4 nitrogen and oxygen atoms in total. The van der Waals surface area contributed by atoms with Gasteiger partial charge in [0.25, 0.3) is 0 Å². The van der Waals surface area contributed by atoms with Crippen LogP contribution >= 0.6 is 11.6 Å². The van der Waals surface area contributed by atoms with Crippen molar-refractivity contribution in [3.05, 3.63) is 124 Å². The van der Waals surface area contributed by atoms with Crippen molar-refractivity contribution in [2.45, 2.75) is 58.5 Å². The lowest BCUT2D eigenvalue weighted by molar-refractivity contribution is -0.938. The van der Waals surface area contributed by atoms with E-state index in [0.29, 0.717) is 23.0 Å². The fourth-order valence-corrected chi connectivity index (χ4v) is 8.30. The highest BCUT2D eigenvalue weighted by atomic mass is 79.9. The highest BCUT2D eigenvalue weighted by Gasteiger charge is 2.27. The van der Waals surface area contributed by atoms with Gasteiger partial charge >= 0.3 is 0 Å². The summed E-state index contributed by atoms with van der Waals surface area (Å²) in [7, 11) is -3.77. The van der Waals surface area contributed by atoms with Crippen molar-refractivity contribution in [1.82, 2.24) is 4.31 Å². The van der Waals surface area contributed by atoms with Gasteiger partial charge in [-0.25, -0.2) is 8.42 Å². The smallest absolute Gasteiger partial charge is 0.243 e. The Balaban J connectivity index is 0.00000461. The summed E-state index contributed by atoms with van der Waals surface area (Å²) in [5, 5.41) is 4.49. The van der Waals surface area contributed by atoms with E-state index >= 15 is 0 Å². The fraction of sp³-hybridized carbons (Fsp3) is 0.316. The molecule has 45 heavy (non-hydrogen) atoms. The van der Waals surface area contributed by atoms with Crippen LogP contribution in [0.1, 0.15) is 48.9 Å². The molecule has 0 aliphatic heterocycles. The number of hydrogen-bond acceptors (Lipinski definition) is 2. The zero-order valence-corrected chi connectivity index (χ0v) is 29.9. The van der Waals surface area contributed by atoms with Crippen molar-refractivity contribution in [3.8, 4) is 0 Å². The van der Waals surface area contributed by atoms with Gasteiger partial charge in [-0.15, -0.1) is 0 Å². The first-order chi connectivity index (χ1) is 21.1. The van der Waals surface area contributed by atoms with Crippen molar-refractivity contribution in [3.63, 3.8) is 0 Å². The number of fused-ring (bicyclic) bond motifs is 2. The second-order valence-corrected chi connectivity index (χ2v) is 14.5. The third-order valence-corrected chi connectivity index (χ3v) is 11.3. The van der Waals surface area contributed by atoms with Crippen LogP contribution in [0, 0.1) is 13.8 Å². The molecule has 0 fully saturated rings. The van der Waals surface area contributed by atoms with Gasteiger partial charge in [-0.05, 0) is 80.5 Å². The molecule has 0 atom stereocenters. The maximum atomic E-state index is 14.3. The zero-order chi connectivity index (χ0) is 31.3. The third kappa shape index (κ3) is 8.16. The molecular weight excluding hydrogens is 664 g/mol. The summed E-state index contributed by atoms with van der Waals surface area (Å²) in [5.74, 6) is 0. The topological polar surface area (TPSA) is 37.4 Å². The van der Waals surface area contributed by atoms with Gasteiger partial charge in [0, 0.05) is 29.1 Å². The molecule has 0 spiro atoms. The van der Waals surface area contributed by atoms with Gasteiger partial charge in [-0.3, -0.25) is 0 Å². The summed E-state index contributed by atoms with van der Waals surface area (Å²) in [6.07, 6.45) is 1.73. The largest absolute Gasteiger partial charge is 1.00 e. The number of quaternary nitrogens is 1. The molecule has 0 unspecified atom stereocenters. The van der Waals surface area contributed by atoms with Crippen molar-refractivity contribution in [2.75, 3.05) is 26.2 Å². The van der Waals surface area contributed by atoms with Crippen LogP contribution in [0.2, 0.25) is 5.02 Å². The minimum Gasteiger partial charge on any atom is -1.00 e. The molecule has 5 aromatic carbocycles. The van der Waals surface area contributed by atoms with E-state index in [9.17, 15) is 8.42 Å². The van der Waals surface area contributed by atoms with Crippen LogP contribution < -0.4 is 17.0 Å². The number of unbranched alkanes of at least 4 members (excludes halogenated alkanes) is 1. The van der Waals surface area contributed by atoms with Gasteiger partial charge in [0.1, 0.15) is 6.54 Å². The van der Waals surface area contributed by atoms with Gasteiger partial charge in [-0.1, -0.05) is 102 Å². The number of nitrogens with zero attached hydrogens (tertiary/aromatic N) is 2. The molecule has 0 aromatic heterocycles. The van der Waals surface area contributed by atoms with Crippen LogP contribution in [0.4, 0.5) is 0 Å². The minimum atomic E-state index is -3.77. The molecule has 0 heterocycles. The predicted octanol–water partition coefficient (Wildman–Crippen LogP) is 6.30.